The monoisotopic (exact) mass is 413 g/mol. The first kappa shape index (κ1) is 20.2. The Bertz CT molecular complexity index is 1030. The van der Waals surface area contributed by atoms with Crippen LogP contribution in [0.25, 0.3) is 10.9 Å². The molecule has 1 amide bonds. The quantitative estimate of drug-likeness (QED) is 0.584. The molecule has 2 aromatic carbocycles. The van der Waals surface area contributed by atoms with E-state index in [0.717, 1.165) is 31.1 Å². The van der Waals surface area contributed by atoms with E-state index in [1.54, 1.807) is 12.1 Å². The first-order valence-electron chi connectivity index (χ1n) is 10.0. The number of carbonyl (C=O) groups is 1. The van der Waals surface area contributed by atoms with Crippen molar-refractivity contribution in [1.29, 1.82) is 0 Å². The molecule has 1 fully saturated rings. The summed E-state index contributed by atoms with van der Waals surface area (Å²) >= 11 is 0. The third-order valence-corrected chi connectivity index (χ3v) is 5.49. The van der Waals surface area contributed by atoms with Crippen LogP contribution in [0.1, 0.15) is 48.2 Å². The number of aromatic nitrogens is 1. The molecule has 1 heterocycles. The molecule has 1 saturated carbocycles. The lowest BCUT2D eigenvalue weighted by Gasteiger charge is -2.30. The number of hydrogen-bond acceptors (Lipinski definition) is 3. The molecule has 4 nitrogen and oxygen atoms in total. The molecule has 30 heavy (non-hydrogen) atoms. The van der Waals surface area contributed by atoms with E-state index in [1.165, 1.54) is 30.3 Å². The Morgan fingerprint density at radius 3 is 2.33 bits per heavy atom. The normalized spacial score (nSPS) is 19.1. The molecule has 1 aromatic heterocycles. The largest absolute Gasteiger partial charge is 0.382 e. The number of carbonyl (C=O) groups excluding carboxylic acids is 1. The molecule has 0 radical (unpaired) electrons. The minimum absolute atomic E-state index is 0.0337. The predicted molar refractivity (Wildman–Crippen MR) is 110 cm³/mol. The number of pyridine rings is 1. The number of fused-ring (bicyclic) bond motifs is 1. The lowest BCUT2D eigenvalue weighted by Crippen LogP contribution is -2.40. The molecule has 0 bridgehead atoms. The van der Waals surface area contributed by atoms with Crippen molar-refractivity contribution in [1.82, 2.24) is 10.3 Å². The second-order valence-corrected chi connectivity index (χ2v) is 7.59. The highest BCUT2D eigenvalue weighted by Gasteiger charge is 2.24. The highest BCUT2D eigenvalue weighted by Crippen LogP contribution is 2.30. The molecule has 0 unspecified atom stereocenters. The number of amides is 1. The van der Waals surface area contributed by atoms with Crippen molar-refractivity contribution in [2.24, 2.45) is 0 Å². The predicted octanol–water partition coefficient (Wildman–Crippen LogP) is 5.46. The average molecular weight is 413 g/mol. The topological polar surface area (TPSA) is 54.0 Å². The van der Waals surface area contributed by atoms with Gasteiger partial charge < -0.3 is 10.6 Å². The van der Waals surface area contributed by atoms with E-state index < -0.39 is 6.43 Å². The van der Waals surface area contributed by atoms with Gasteiger partial charge in [-0.05, 0) is 62.1 Å². The van der Waals surface area contributed by atoms with Crippen molar-refractivity contribution in [3.05, 3.63) is 71.7 Å². The van der Waals surface area contributed by atoms with Gasteiger partial charge in [0.1, 0.15) is 11.5 Å². The number of halogens is 3. The van der Waals surface area contributed by atoms with Crippen LogP contribution in [0.4, 0.5) is 18.9 Å². The Labute approximate surface area is 172 Å². The smallest absolute Gasteiger partial charge is 0.280 e. The van der Waals surface area contributed by atoms with Crippen molar-refractivity contribution < 1.29 is 18.0 Å². The average Bonchev–Trinajstić information content (AvgIpc) is 2.75. The molecule has 2 N–H and O–H groups in total. The summed E-state index contributed by atoms with van der Waals surface area (Å²) in [5, 5.41) is 7.21. The second kappa shape index (κ2) is 8.73. The molecule has 0 saturated heterocycles. The van der Waals surface area contributed by atoms with Crippen LogP contribution in [-0.4, -0.2) is 23.0 Å². The maximum atomic E-state index is 13.2. The number of para-hydroxylation sites is 1. The second-order valence-electron chi connectivity index (χ2n) is 7.59. The van der Waals surface area contributed by atoms with E-state index >= 15 is 0 Å². The maximum absolute atomic E-state index is 13.2. The van der Waals surface area contributed by atoms with Crippen LogP contribution in [0, 0.1) is 5.82 Å². The fourth-order valence-corrected chi connectivity index (χ4v) is 3.90. The number of hydrogen-bond donors (Lipinski definition) is 2. The summed E-state index contributed by atoms with van der Waals surface area (Å²) in [6.07, 6.45) is 0.516. The summed E-state index contributed by atoms with van der Waals surface area (Å²) in [6, 6.07) is 14.3. The fourth-order valence-electron chi connectivity index (χ4n) is 3.90. The number of alkyl halides is 2. The zero-order valence-corrected chi connectivity index (χ0v) is 16.2. The minimum Gasteiger partial charge on any atom is -0.382 e. The van der Waals surface area contributed by atoms with Crippen molar-refractivity contribution in [3.8, 4) is 0 Å². The number of nitrogens with one attached hydrogen (secondary N) is 2. The summed E-state index contributed by atoms with van der Waals surface area (Å²) in [5.41, 5.74) is 1.39. The number of nitrogens with zero attached hydrogens (tertiary/aromatic N) is 1. The van der Waals surface area contributed by atoms with Gasteiger partial charge >= 0.3 is 0 Å². The number of anilines is 1. The van der Waals surface area contributed by atoms with Gasteiger partial charge in [-0.25, -0.2) is 18.2 Å². The molecule has 1 aliphatic carbocycles. The Hall–Kier alpha value is -3.09. The van der Waals surface area contributed by atoms with Gasteiger partial charge in [0.2, 0.25) is 0 Å². The molecule has 4 rings (SSSR count). The molecule has 0 aliphatic heterocycles. The van der Waals surface area contributed by atoms with Crippen LogP contribution in [0.5, 0.6) is 0 Å². The molecule has 0 spiro atoms. The fraction of sp³-hybridized carbons (Fsp3) is 0.304. The number of rotatable bonds is 5. The third kappa shape index (κ3) is 4.56. The Balaban J connectivity index is 1.39. The van der Waals surface area contributed by atoms with Crippen LogP contribution in [0.3, 0.4) is 0 Å². The van der Waals surface area contributed by atoms with Gasteiger partial charge in [-0.1, -0.05) is 18.2 Å². The van der Waals surface area contributed by atoms with Crippen LogP contribution in [-0.2, 0) is 0 Å². The maximum Gasteiger partial charge on any atom is 0.280 e. The lowest BCUT2D eigenvalue weighted by atomic mass is 9.90. The van der Waals surface area contributed by atoms with Crippen molar-refractivity contribution in [3.63, 3.8) is 0 Å². The first-order chi connectivity index (χ1) is 14.5. The molecule has 3 aromatic rings. The van der Waals surface area contributed by atoms with Crippen LogP contribution < -0.4 is 10.6 Å². The van der Waals surface area contributed by atoms with E-state index in [4.69, 9.17) is 0 Å². The first-order valence-corrected chi connectivity index (χ1v) is 10.0. The van der Waals surface area contributed by atoms with Crippen LogP contribution in [0.2, 0.25) is 0 Å². The lowest BCUT2D eigenvalue weighted by molar-refractivity contribution is 0.0926. The summed E-state index contributed by atoms with van der Waals surface area (Å²) < 4.78 is 39.5. The highest BCUT2D eigenvalue weighted by atomic mass is 19.3. The summed E-state index contributed by atoms with van der Waals surface area (Å²) in [4.78, 5) is 16.4. The standard InChI is InChI=1S/C23H22F3N3O/c24-15-7-5-14(6-8-15)23(30)28-17-11-9-16(10-12-17)27-20-13-21(22(25)26)29-19-4-2-1-3-18(19)20/h1-8,13,16-17,22H,9-12H2,(H,27,29)(H,28,30)/t16-,17+. The van der Waals surface area contributed by atoms with E-state index in [-0.39, 0.29) is 29.5 Å². The zero-order chi connectivity index (χ0) is 21.1. The highest BCUT2D eigenvalue weighted by molar-refractivity contribution is 5.94. The molecular weight excluding hydrogens is 391 g/mol. The van der Waals surface area contributed by atoms with Gasteiger partial charge in [0, 0.05) is 28.7 Å². The summed E-state index contributed by atoms with van der Waals surface area (Å²) in [6.45, 7) is 0. The van der Waals surface area contributed by atoms with Gasteiger partial charge in [-0.15, -0.1) is 0 Å². The molecular formula is C23H22F3N3O. The Kier molecular flexibility index (Phi) is 5.88. The minimum atomic E-state index is -2.63. The third-order valence-electron chi connectivity index (χ3n) is 5.49. The molecule has 156 valence electrons. The van der Waals surface area contributed by atoms with E-state index in [0.29, 0.717) is 16.8 Å². The Morgan fingerprint density at radius 1 is 0.967 bits per heavy atom. The van der Waals surface area contributed by atoms with Gasteiger partial charge in [0.15, 0.2) is 0 Å². The van der Waals surface area contributed by atoms with Crippen molar-refractivity contribution in [2.75, 3.05) is 5.32 Å². The van der Waals surface area contributed by atoms with Crippen molar-refractivity contribution in [2.45, 2.75) is 44.2 Å². The van der Waals surface area contributed by atoms with Crippen LogP contribution >= 0.6 is 0 Å². The van der Waals surface area contributed by atoms with Gasteiger partial charge in [0.25, 0.3) is 12.3 Å². The molecule has 0 atom stereocenters. The van der Waals surface area contributed by atoms with E-state index in [9.17, 15) is 18.0 Å². The van der Waals surface area contributed by atoms with Crippen molar-refractivity contribution >= 4 is 22.5 Å². The number of benzene rings is 2. The Morgan fingerprint density at radius 2 is 1.63 bits per heavy atom. The molecule has 1 aliphatic rings. The van der Waals surface area contributed by atoms with Gasteiger partial charge in [-0.2, -0.15) is 0 Å². The van der Waals surface area contributed by atoms with Gasteiger partial charge in [-0.3, -0.25) is 4.79 Å². The van der Waals surface area contributed by atoms with E-state index in [2.05, 4.69) is 15.6 Å². The SMILES string of the molecule is O=C(N[C@H]1CC[C@@H](Nc2cc(C(F)F)nc3ccccc23)CC1)c1ccc(F)cc1. The van der Waals surface area contributed by atoms with Gasteiger partial charge in [0.05, 0.1) is 5.52 Å². The molecule has 7 heteroatoms. The summed E-state index contributed by atoms with van der Waals surface area (Å²) in [5.74, 6) is -0.593. The van der Waals surface area contributed by atoms with Crippen LogP contribution in [0.15, 0.2) is 54.6 Å². The van der Waals surface area contributed by atoms with E-state index in [1.807, 2.05) is 12.1 Å². The summed E-state index contributed by atoms with van der Waals surface area (Å²) in [7, 11) is 0. The zero-order valence-electron chi connectivity index (χ0n) is 16.2.